The number of rotatable bonds is 4. The lowest BCUT2D eigenvalue weighted by Gasteiger charge is -2.03. The molecule has 0 saturated heterocycles. The zero-order chi connectivity index (χ0) is 11.3. The quantitative estimate of drug-likeness (QED) is 0.539. The van der Waals surface area contributed by atoms with Crippen LogP contribution in [0.5, 0.6) is 0 Å². The second-order valence-electron chi connectivity index (χ2n) is 2.65. The van der Waals surface area contributed by atoms with Crippen LogP contribution >= 0.6 is 0 Å². The number of nitrogens with one attached hydrogen (secondary N) is 1. The normalized spacial score (nSPS) is 9.33. The van der Waals surface area contributed by atoms with Crippen molar-refractivity contribution >= 4 is 11.5 Å². The number of pyridine rings is 1. The first kappa shape index (κ1) is 10.9. The molecule has 0 aliphatic rings. The summed E-state index contributed by atoms with van der Waals surface area (Å²) in [6.45, 7) is 0.913. The van der Waals surface area contributed by atoms with Gasteiger partial charge in [-0.1, -0.05) is 0 Å². The second-order valence-corrected chi connectivity index (χ2v) is 2.65. The van der Waals surface area contributed by atoms with Crippen LogP contribution in [-0.2, 0) is 0 Å². The van der Waals surface area contributed by atoms with Crippen LogP contribution in [0.1, 0.15) is 5.69 Å². The van der Waals surface area contributed by atoms with Gasteiger partial charge in [0, 0.05) is 19.2 Å². The third kappa shape index (κ3) is 2.62. The highest BCUT2D eigenvalue weighted by atomic mass is 16.6. The van der Waals surface area contributed by atoms with Crippen molar-refractivity contribution in [1.29, 1.82) is 5.26 Å². The highest BCUT2D eigenvalue weighted by Gasteiger charge is 2.14. The lowest BCUT2D eigenvalue weighted by Crippen LogP contribution is -2.14. The van der Waals surface area contributed by atoms with Crippen molar-refractivity contribution in [3.63, 3.8) is 0 Å². The maximum atomic E-state index is 10.5. The Morgan fingerprint density at radius 1 is 1.67 bits per heavy atom. The van der Waals surface area contributed by atoms with Crippen LogP contribution in [0.25, 0.3) is 0 Å². The third-order valence-corrected chi connectivity index (χ3v) is 1.63. The molecule has 0 radical (unpaired) electrons. The average molecular weight is 207 g/mol. The first-order valence-electron chi connectivity index (χ1n) is 4.18. The molecule has 0 aliphatic carbocycles. The van der Waals surface area contributed by atoms with E-state index in [1.807, 2.05) is 0 Å². The van der Waals surface area contributed by atoms with E-state index in [4.69, 9.17) is 11.0 Å². The zero-order valence-electron chi connectivity index (χ0n) is 7.80. The first-order chi connectivity index (χ1) is 7.19. The predicted octanol–water partition coefficient (Wildman–Crippen LogP) is 0.232. The highest BCUT2D eigenvalue weighted by Crippen LogP contribution is 2.17. The molecule has 15 heavy (non-hydrogen) atoms. The lowest BCUT2D eigenvalue weighted by molar-refractivity contribution is -0.385. The van der Waals surface area contributed by atoms with Crippen molar-refractivity contribution in [3.05, 3.63) is 27.9 Å². The number of anilines is 1. The average Bonchev–Trinajstić information content (AvgIpc) is 2.25. The molecule has 0 aromatic carbocycles. The van der Waals surface area contributed by atoms with E-state index in [-0.39, 0.29) is 11.4 Å². The Kier molecular flexibility index (Phi) is 3.54. The Hall–Kier alpha value is -2.20. The summed E-state index contributed by atoms with van der Waals surface area (Å²) >= 11 is 0. The summed E-state index contributed by atoms with van der Waals surface area (Å²) in [6.07, 6.45) is 0. The Bertz CT molecular complexity index is 412. The Morgan fingerprint density at radius 3 is 2.93 bits per heavy atom. The molecule has 1 heterocycles. The fourth-order valence-corrected chi connectivity index (χ4v) is 0.980. The van der Waals surface area contributed by atoms with Crippen LogP contribution in [0.3, 0.4) is 0 Å². The molecular weight excluding hydrogens is 198 g/mol. The summed E-state index contributed by atoms with van der Waals surface area (Å²) in [4.78, 5) is 13.6. The third-order valence-electron chi connectivity index (χ3n) is 1.63. The van der Waals surface area contributed by atoms with Gasteiger partial charge in [0.1, 0.15) is 11.9 Å². The predicted molar refractivity (Wildman–Crippen MR) is 53.2 cm³/mol. The maximum Gasteiger partial charge on any atom is 0.305 e. The standard InChI is InChI=1S/C8H9N5O2/c9-3-4-11-8-2-1-7(13(14)15)6(5-10)12-8/h1-2H,3-4,9H2,(H,11,12). The van der Waals surface area contributed by atoms with E-state index < -0.39 is 4.92 Å². The van der Waals surface area contributed by atoms with Gasteiger partial charge in [-0.15, -0.1) is 0 Å². The van der Waals surface area contributed by atoms with E-state index in [0.717, 1.165) is 0 Å². The molecule has 0 atom stereocenters. The summed E-state index contributed by atoms with van der Waals surface area (Å²) in [6, 6.07) is 4.35. The molecule has 1 rings (SSSR count). The highest BCUT2D eigenvalue weighted by molar-refractivity contribution is 5.50. The molecular formula is C8H9N5O2. The van der Waals surface area contributed by atoms with Gasteiger partial charge in [0.25, 0.3) is 0 Å². The van der Waals surface area contributed by atoms with E-state index in [2.05, 4.69) is 10.3 Å². The number of nitrogens with two attached hydrogens (primary N) is 1. The Morgan fingerprint density at radius 2 is 2.40 bits per heavy atom. The molecule has 0 fully saturated rings. The van der Waals surface area contributed by atoms with Gasteiger partial charge < -0.3 is 11.1 Å². The van der Waals surface area contributed by atoms with Crippen LogP contribution in [0.15, 0.2) is 12.1 Å². The molecule has 0 bridgehead atoms. The van der Waals surface area contributed by atoms with Gasteiger partial charge in [-0.25, -0.2) is 4.98 Å². The molecule has 0 aliphatic heterocycles. The minimum absolute atomic E-state index is 0.206. The smallest absolute Gasteiger partial charge is 0.305 e. The van der Waals surface area contributed by atoms with Crippen molar-refractivity contribution < 1.29 is 4.92 Å². The Balaban J connectivity index is 2.98. The second kappa shape index (κ2) is 4.88. The zero-order valence-corrected chi connectivity index (χ0v) is 7.80. The van der Waals surface area contributed by atoms with Gasteiger partial charge >= 0.3 is 5.69 Å². The minimum Gasteiger partial charge on any atom is -0.369 e. The monoisotopic (exact) mass is 207 g/mol. The Labute approximate surface area is 85.7 Å². The molecule has 7 nitrogen and oxygen atoms in total. The van der Waals surface area contributed by atoms with Gasteiger partial charge in [-0.05, 0) is 6.07 Å². The van der Waals surface area contributed by atoms with Crippen LogP contribution in [0.2, 0.25) is 0 Å². The first-order valence-corrected chi connectivity index (χ1v) is 4.18. The van der Waals surface area contributed by atoms with E-state index in [0.29, 0.717) is 18.9 Å². The summed E-state index contributed by atoms with van der Waals surface area (Å²) in [5, 5.41) is 22.0. The maximum absolute atomic E-state index is 10.5. The van der Waals surface area contributed by atoms with Crippen LogP contribution in [0, 0.1) is 21.4 Å². The molecule has 78 valence electrons. The van der Waals surface area contributed by atoms with Crippen LogP contribution in [-0.4, -0.2) is 23.0 Å². The number of nitro groups is 1. The number of nitrogens with zero attached hydrogens (tertiary/aromatic N) is 3. The van der Waals surface area contributed by atoms with E-state index in [1.165, 1.54) is 12.1 Å². The minimum atomic E-state index is -0.641. The fraction of sp³-hybridized carbons (Fsp3) is 0.250. The van der Waals surface area contributed by atoms with Gasteiger partial charge in [-0.2, -0.15) is 5.26 Å². The molecule has 1 aromatic rings. The molecule has 0 amide bonds. The van der Waals surface area contributed by atoms with Crippen molar-refractivity contribution in [2.24, 2.45) is 5.73 Å². The van der Waals surface area contributed by atoms with Gasteiger partial charge in [-0.3, -0.25) is 10.1 Å². The van der Waals surface area contributed by atoms with Crippen LogP contribution in [0.4, 0.5) is 11.5 Å². The number of aromatic nitrogens is 1. The van der Waals surface area contributed by atoms with Gasteiger partial charge in [0.2, 0.25) is 5.69 Å². The van der Waals surface area contributed by atoms with Crippen molar-refractivity contribution in [1.82, 2.24) is 4.98 Å². The summed E-state index contributed by atoms with van der Waals surface area (Å²) < 4.78 is 0. The number of hydrogen-bond donors (Lipinski definition) is 2. The summed E-state index contributed by atoms with van der Waals surface area (Å²) in [5.74, 6) is 0.405. The SMILES string of the molecule is N#Cc1nc(NCCN)ccc1[N+](=O)[O-]. The van der Waals surface area contributed by atoms with E-state index in [1.54, 1.807) is 6.07 Å². The fourth-order valence-electron chi connectivity index (χ4n) is 0.980. The number of nitriles is 1. The van der Waals surface area contributed by atoms with Crippen molar-refractivity contribution in [2.75, 3.05) is 18.4 Å². The molecule has 0 unspecified atom stereocenters. The molecule has 0 spiro atoms. The van der Waals surface area contributed by atoms with E-state index >= 15 is 0 Å². The summed E-state index contributed by atoms with van der Waals surface area (Å²) in [5.41, 5.74) is 4.76. The van der Waals surface area contributed by atoms with Gasteiger partial charge in [0.05, 0.1) is 4.92 Å². The lowest BCUT2D eigenvalue weighted by atomic mass is 10.3. The van der Waals surface area contributed by atoms with Crippen LogP contribution < -0.4 is 11.1 Å². The van der Waals surface area contributed by atoms with E-state index in [9.17, 15) is 10.1 Å². The summed E-state index contributed by atoms with van der Waals surface area (Å²) in [7, 11) is 0. The topological polar surface area (TPSA) is 118 Å². The van der Waals surface area contributed by atoms with Crippen molar-refractivity contribution in [3.8, 4) is 6.07 Å². The largest absolute Gasteiger partial charge is 0.369 e. The molecule has 1 aromatic heterocycles. The van der Waals surface area contributed by atoms with Gasteiger partial charge in [0.15, 0.2) is 0 Å². The van der Waals surface area contributed by atoms with Crippen molar-refractivity contribution in [2.45, 2.75) is 0 Å². The molecule has 0 saturated carbocycles. The molecule has 7 heteroatoms. The number of hydrogen-bond acceptors (Lipinski definition) is 6. The molecule has 3 N–H and O–H groups in total.